The number of piperazine rings is 1. The molecule has 4 amide bonds. The minimum absolute atomic E-state index is 0.0346. The molecule has 3 aliphatic heterocycles. The van der Waals surface area contributed by atoms with E-state index < -0.39 is 58.7 Å². The summed E-state index contributed by atoms with van der Waals surface area (Å²) in [6.07, 6.45) is 1.07. The molecular weight excluding hydrogens is 907 g/mol. The number of benzene rings is 2. The highest BCUT2D eigenvalue weighted by Crippen LogP contribution is 2.41. The molecule has 1 saturated carbocycles. The first-order valence-electron chi connectivity index (χ1n) is 22.3. The second-order valence-electron chi connectivity index (χ2n) is 17.7. The van der Waals surface area contributed by atoms with E-state index in [2.05, 4.69) is 41.5 Å². The van der Waals surface area contributed by atoms with Crippen molar-refractivity contribution in [1.29, 1.82) is 0 Å². The predicted molar refractivity (Wildman–Crippen MR) is 257 cm³/mol. The Morgan fingerprint density at radius 3 is 2.48 bits per heavy atom. The number of thioether (sulfide) groups is 1. The molecule has 1 aliphatic carbocycles. The molecule has 2 aromatic carbocycles. The number of aliphatic hydroxyl groups is 1. The number of aliphatic imine (C=N–C) groups is 1. The van der Waals surface area contributed by atoms with Gasteiger partial charge in [0.15, 0.2) is 12.0 Å². The summed E-state index contributed by atoms with van der Waals surface area (Å²) in [5.74, 6) is -0.130. The van der Waals surface area contributed by atoms with Crippen molar-refractivity contribution in [3.63, 3.8) is 0 Å². The summed E-state index contributed by atoms with van der Waals surface area (Å²) in [4.78, 5) is 70.4. The predicted octanol–water partition coefficient (Wildman–Crippen LogP) is 4.61. The monoisotopic (exact) mass is 966 g/mol. The fourth-order valence-electron chi connectivity index (χ4n) is 8.36. The highest BCUT2D eigenvalue weighted by atomic mass is 35.5. The molecule has 16 nitrogen and oxygen atoms in total. The number of alkyl halides is 1. The third-order valence-corrected chi connectivity index (χ3v) is 15.3. The van der Waals surface area contributed by atoms with E-state index in [-0.39, 0.29) is 31.7 Å². The molecule has 0 radical (unpaired) electrons. The molecule has 66 heavy (non-hydrogen) atoms. The van der Waals surface area contributed by atoms with Gasteiger partial charge in [-0.05, 0) is 88.6 Å². The van der Waals surface area contributed by atoms with Crippen LogP contribution in [0.3, 0.4) is 0 Å². The van der Waals surface area contributed by atoms with E-state index in [0.29, 0.717) is 59.8 Å². The number of halogens is 2. The Bertz CT molecular complexity index is 2320. The summed E-state index contributed by atoms with van der Waals surface area (Å²) >= 11 is 9.22. The standard InChI is InChI=1S/C46H60ClFN10O6S2/c1-27(29-8-10-30(11-9-29)37-28(2)51-26-65-37)52-40(60)35-23-32(59)25-58(35)42(62)38(54-43(63)46(48)14-15-46)45(3,4)66-21-7-16-56-17-19-57(20-18-56)41(61)31-12-13-34(36(22-31)64-6)53-44-50-24-33(47)39(49-5)55-44/h8-13,22,24,26-27,32,35,38,44,49,53,55,59H,7,14-21,23,25H2,1-6H3,(H,52,60)(H,54,63)/t27-,32+,35-,38+,44?/m0/s1. The number of aliphatic hydroxyl groups excluding tert-OH is 1. The molecule has 356 valence electrons. The highest BCUT2D eigenvalue weighted by molar-refractivity contribution is 8.00. The van der Waals surface area contributed by atoms with Crippen molar-refractivity contribution in [2.24, 2.45) is 4.99 Å². The van der Waals surface area contributed by atoms with Crippen molar-refractivity contribution in [2.75, 3.05) is 64.5 Å². The van der Waals surface area contributed by atoms with Crippen molar-refractivity contribution in [3.8, 4) is 16.2 Å². The summed E-state index contributed by atoms with van der Waals surface area (Å²) < 4.78 is 19.8. The van der Waals surface area contributed by atoms with Gasteiger partial charge >= 0.3 is 0 Å². The number of rotatable bonds is 18. The summed E-state index contributed by atoms with van der Waals surface area (Å²) in [5, 5.41) is 26.4. The zero-order chi connectivity index (χ0) is 47.3. The van der Waals surface area contributed by atoms with Crippen LogP contribution in [0.1, 0.15) is 74.1 Å². The number of likely N-dealkylation sites (tertiary alicyclic amines) is 1. The Balaban J connectivity index is 0.913. The molecular formula is C46H60ClFN10O6S2. The van der Waals surface area contributed by atoms with Gasteiger partial charge < -0.3 is 46.2 Å². The van der Waals surface area contributed by atoms with Crippen LogP contribution < -0.4 is 31.3 Å². The van der Waals surface area contributed by atoms with E-state index in [9.17, 15) is 24.3 Å². The fourth-order valence-corrected chi connectivity index (χ4v) is 10.5. The van der Waals surface area contributed by atoms with E-state index in [1.165, 1.54) is 16.7 Å². The van der Waals surface area contributed by atoms with Crippen LogP contribution in [0, 0.1) is 6.92 Å². The summed E-state index contributed by atoms with van der Waals surface area (Å²) in [6.45, 7) is 10.6. The largest absolute Gasteiger partial charge is 0.495 e. The molecule has 6 N–H and O–H groups in total. The van der Waals surface area contributed by atoms with Gasteiger partial charge in [0.1, 0.15) is 23.7 Å². The molecule has 0 spiro atoms. The summed E-state index contributed by atoms with van der Waals surface area (Å²) in [7, 11) is 3.30. The van der Waals surface area contributed by atoms with Gasteiger partial charge in [-0.1, -0.05) is 35.9 Å². The molecule has 0 bridgehead atoms. The third-order valence-electron chi connectivity index (χ3n) is 12.6. The molecule has 4 aliphatic rings. The normalized spacial score (nSPS) is 21.4. The number of methoxy groups -OCH3 is 1. The number of hydrogen-bond donors (Lipinski definition) is 6. The average Bonchev–Trinajstić information content (AvgIpc) is 3.72. The van der Waals surface area contributed by atoms with Crippen molar-refractivity contribution in [1.82, 2.24) is 41.0 Å². The van der Waals surface area contributed by atoms with E-state index in [1.54, 1.807) is 55.4 Å². The van der Waals surface area contributed by atoms with Crippen LogP contribution in [0.4, 0.5) is 10.1 Å². The highest BCUT2D eigenvalue weighted by Gasteiger charge is 2.54. The number of hydrogen-bond acceptors (Lipinski definition) is 14. The number of allylic oxidation sites excluding steroid dienone is 1. The van der Waals surface area contributed by atoms with E-state index in [4.69, 9.17) is 16.3 Å². The van der Waals surface area contributed by atoms with Gasteiger partial charge in [-0.3, -0.25) is 24.1 Å². The average molecular weight is 968 g/mol. The molecule has 3 aromatic rings. The number of carbonyl (C=O) groups is 4. The maximum atomic E-state index is 15.1. The van der Waals surface area contributed by atoms with Crippen molar-refractivity contribution in [2.45, 2.75) is 94.3 Å². The number of ether oxygens (including phenoxy) is 1. The molecule has 1 unspecified atom stereocenters. The van der Waals surface area contributed by atoms with E-state index >= 15 is 4.39 Å². The van der Waals surface area contributed by atoms with Gasteiger partial charge in [0.05, 0.1) is 46.1 Å². The smallest absolute Gasteiger partial charge is 0.258 e. The number of nitrogens with one attached hydrogen (secondary N) is 5. The number of nitrogens with zero attached hydrogens (tertiary/aromatic N) is 5. The Morgan fingerprint density at radius 2 is 1.83 bits per heavy atom. The maximum Gasteiger partial charge on any atom is 0.258 e. The van der Waals surface area contributed by atoms with Crippen molar-refractivity contribution in [3.05, 3.63) is 75.6 Å². The van der Waals surface area contributed by atoms with Crippen LogP contribution >= 0.6 is 34.7 Å². The minimum atomic E-state index is -2.02. The fraction of sp³-hybridized carbons (Fsp3) is 0.522. The number of aryl methyl sites for hydroxylation is 1. The first-order valence-corrected chi connectivity index (χ1v) is 24.5. The Hall–Kier alpha value is -4.95. The first-order chi connectivity index (χ1) is 31.5. The van der Waals surface area contributed by atoms with Gasteiger partial charge in [0.2, 0.25) is 11.8 Å². The number of β-amino-alcohol motifs (C(OH)–C–C–N with tert-alkyl or cyclic N) is 1. The van der Waals surface area contributed by atoms with Crippen molar-refractivity contribution >= 4 is 70.2 Å². The van der Waals surface area contributed by atoms with Crippen LogP contribution in [-0.4, -0.2) is 149 Å². The van der Waals surface area contributed by atoms with Crippen LogP contribution in [-0.2, 0) is 14.4 Å². The maximum absolute atomic E-state index is 15.1. The second-order valence-corrected chi connectivity index (χ2v) is 20.7. The quantitative estimate of drug-likeness (QED) is 0.0973. The Morgan fingerprint density at radius 1 is 1.11 bits per heavy atom. The first kappa shape index (κ1) is 49.0. The molecule has 5 atom stereocenters. The van der Waals surface area contributed by atoms with Gasteiger partial charge in [-0.25, -0.2) is 14.4 Å². The molecule has 7 rings (SSSR count). The lowest BCUT2D eigenvalue weighted by molar-refractivity contribution is -0.143. The van der Waals surface area contributed by atoms with Gasteiger partial charge in [0.25, 0.3) is 11.8 Å². The SMILES string of the molecule is CNC1=C(Cl)C=NC(Nc2ccc(C(=O)N3CCN(CCCSC(C)(C)[C@H](NC(=O)C4(F)CC4)C(=O)N4C[C@H](O)C[C@H]4C(=O)N[C@@H](C)c4ccc(-c5scnc5C)cc4)CC3)cc2OC)N1. The molecule has 1 aromatic heterocycles. The van der Waals surface area contributed by atoms with E-state index in [0.717, 1.165) is 34.7 Å². The number of carbonyl (C=O) groups excluding carboxylic acids is 4. The lowest BCUT2D eigenvalue weighted by atomic mass is 10.00. The summed E-state index contributed by atoms with van der Waals surface area (Å²) in [6, 6.07) is 10.6. The van der Waals surface area contributed by atoms with Crippen LogP contribution in [0.15, 0.2) is 63.8 Å². The molecule has 2 saturated heterocycles. The number of aromatic nitrogens is 1. The lowest BCUT2D eigenvalue weighted by Crippen LogP contribution is -2.61. The minimum Gasteiger partial charge on any atom is -0.495 e. The number of thiazole rings is 1. The third kappa shape index (κ3) is 11.4. The van der Waals surface area contributed by atoms with Gasteiger partial charge in [0, 0.05) is 62.7 Å². The zero-order valence-electron chi connectivity index (χ0n) is 38.2. The van der Waals surface area contributed by atoms with E-state index in [1.807, 2.05) is 56.9 Å². The number of anilines is 1. The Labute approximate surface area is 398 Å². The second kappa shape index (κ2) is 20.9. The van der Waals surface area contributed by atoms with Gasteiger partial charge in [-0.15, -0.1) is 11.3 Å². The Kier molecular flexibility index (Phi) is 15.5. The zero-order valence-corrected chi connectivity index (χ0v) is 40.5. The van der Waals surface area contributed by atoms with Gasteiger partial charge in [-0.2, -0.15) is 11.8 Å². The molecule has 3 fully saturated rings. The topological polar surface area (TPSA) is 193 Å². The summed E-state index contributed by atoms with van der Waals surface area (Å²) in [5.41, 5.74) is 3.80. The van der Waals surface area contributed by atoms with Crippen LogP contribution in [0.25, 0.3) is 10.4 Å². The molecule has 4 heterocycles. The lowest BCUT2D eigenvalue weighted by Gasteiger charge is -2.38. The molecule has 20 heteroatoms. The van der Waals surface area contributed by atoms with Crippen LogP contribution in [0.2, 0.25) is 0 Å². The number of amides is 4. The van der Waals surface area contributed by atoms with Crippen molar-refractivity contribution < 1.29 is 33.4 Å². The van der Waals surface area contributed by atoms with Crippen LogP contribution in [0.5, 0.6) is 5.75 Å².